The molecule has 5 heteroatoms. The Kier molecular flexibility index (Phi) is 2.14. The van der Waals surface area contributed by atoms with Gasteiger partial charge in [-0.05, 0) is 12.1 Å². The molecule has 1 aromatic carbocycles. The van der Waals surface area contributed by atoms with Gasteiger partial charge in [0.25, 0.3) is 0 Å². The van der Waals surface area contributed by atoms with E-state index in [4.69, 9.17) is 0 Å². The maximum atomic E-state index is 13.1. The minimum Gasteiger partial charge on any atom is -0.351 e. The summed E-state index contributed by atoms with van der Waals surface area (Å²) in [5.41, 5.74) is 0.836. The largest absolute Gasteiger partial charge is 0.351 e. The summed E-state index contributed by atoms with van der Waals surface area (Å²) in [6, 6.07) is 3.34. The first kappa shape index (κ1) is 8.68. The molecule has 1 aromatic heterocycles. The molecule has 0 radical (unpaired) electrons. The van der Waals surface area contributed by atoms with Gasteiger partial charge >= 0.3 is 0 Å². The van der Waals surface area contributed by atoms with E-state index in [2.05, 4.69) is 15.5 Å². The van der Waals surface area contributed by atoms with Crippen LogP contribution in [0.3, 0.4) is 0 Å². The molecule has 0 saturated heterocycles. The molecule has 2 aromatic rings. The van der Waals surface area contributed by atoms with Gasteiger partial charge in [0, 0.05) is 12.3 Å². The minimum atomic E-state index is -0.633. The van der Waals surface area contributed by atoms with E-state index in [0.29, 0.717) is 5.69 Å². The van der Waals surface area contributed by atoms with E-state index >= 15 is 0 Å². The highest BCUT2D eigenvalue weighted by Gasteiger charge is 2.03. The molecule has 0 aliphatic heterocycles. The summed E-state index contributed by atoms with van der Waals surface area (Å²) in [6.07, 6.45) is 3.07. The number of aromatic nitrogens is 2. The van der Waals surface area contributed by atoms with Crippen molar-refractivity contribution in [3.05, 3.63) is 42.2 Å². The van der Waals surface area contributed by atoms with Crippen LogP contribution in [0.25, 0.3) is 0 Å². The Hall–Kier alpha value is -1.91. The zero-order chi connectivity index (χ0) is 9.97. The first-order chi connectivity index (χ1) is 6.75. The lowest BCUT2D eigenvalue weighted by molar-refractivity contribution is 0.586. The molecular formula is C9H7F2N3. The molecule has 0 amide bonds. The lowest BCUT2D eigenvalue weighted by Crippen LogP contribution is -1.92. The van der Waals surface area contributed by atoms with Crippen LogP contribution in [0.2, 0.25) is 0 Å². The van der Waals surface area contributed by atoms with Crippen molar-refractivity contribution in [2.75, 3.05) is 5.32 Å². The van der Waals surface area contributed by atoms with Gasteiger partial charge < -0.3 is 5.32 Å². The van der Waals surface area contributed by atoms with Crippen molar-refractivity contribution in [3.63, 3.8) is 0 Å². The Bertz CT molecular complexity index is 426. The number of hydrogen-bond donors (Lipinski definition) is 2. The van der Waals surface area contributed by atoms with E-state index in [1.54, 1.807) is 6.20 Å². The highest BCUT2D eigenvalue weighted by molar-refractivity contribution is 5.58. The summed E-state index contributed by atoms with van der Waals surface area (Å²) < 4.78 is 25.6. The van der Waals surface area contributed by atoms with Crippen LogP contribution in [0.1, 0.15) is 0 Å². The second kappa shape index (κ2) is 3.45. The number of rotatable bonds is 2. The van der Waals surface area contributed by atoms with Gasteiger partial charge in [-0.25, -0.2) is 8.78 Å². The van der Waals surface area contributed by atoms with Gasteiger partial charge in [-0.15, -0.1) is 0 Å². The van der Waals surface area contributed by atoms with E-state index in [1.165, 1.54) is 18.3 Å². The van der Waals surface area contributed by atoms with Crippen molar-refractivity contribution in [2.45, 2.75) is 0 Å². The molecule has 0 aliphatic rings. The molecule has 0 aliphatic carbocycles. The van der Waals surface area contributed by atoms with Crippen LogP contribution < -0.4 is 5.32 Å². The first-order valence-corrected chi connectivity index (χ1v) is 3.96. The third-order valence-corrected chi connectivity index (χ3v) is 1.71. The van der Waals surface area contributed by atoms with Crippen molar-refractivity contribution in [1.29, 1.82) is 0 Å². The number of hydrogen-bond acceptors (Lipinski definition) is 2. The lowest BCUT2D eigenvalue weighted by Gasteiger charge is -2.03. The van der Waals surface area contributed by atoms with Crippen molar-refractivity contribution in [3.8, 4) is 0 Å². The predicted octanol–water partition coefficient (Wildman–Crippen LogP) is 2.43. The number of aromatic amines is 1. The molecule has 72 valence electrons. The van der Waals surface area contributed by atoms with E-state index < -0.39 is 11.6 Å². The quantitative estimate of drug-likeness (QED) is 0.772. The summed E-state index contributed by atoms with van der Waals surface area (Å²) in [5.74, 6) is -1.23. The number of benzene rings is 1. The van der Waals surface area contributed by atoms with Gasteiger partial charge in [-0.3, -0.25) is 5.10 Å². The smallest absolute Gasteiger partial charge is 0.149 e. The third-order valence-electron chi connectivity index (χ3n) is 1.71. The minimum absolute atomic E-state index is 0.216. The molecule has 0 spiro atoms. The number of H-pyrrole nitrogens is 1. The zero-order valence-electron chi connectivity index (χ0n) is 7.09. The van der Waals surface area contributed by atoms with Crippen molar-refractivity contribution in [1.82, 2.24) is 10.2 Å². The number of nitrogens with one attached hydrogen (secondary N) is 2. The van der Waals surface area contributed by atoms with Crippen LogP contribution >= 0.6 is 0 Å². The Balaban J connectivity index is 2.25. The highest BCUT2D eigenvalue weighted by Crippen LogP contribution is 2.19. The van der Waals surface area contributed by atoms with Gasteiger partial charge in [0.05, 0.1) is 17.6 Å². The zero-order valence-corrected chi connectivity index (χ0v) is 7.09. The van der Waals surface area contributed by atoms with Crippen LogP contribution in [0.5, 0.6) is 0 Å². The standard InChI is InChI=1S/C9H7F2N3/c10-6-1-2-9(8(11)3-6)14-7-4-12-13-5-7/h1-5,14H,(H,12,13). The van der Waals surface area contributed by atoms with Gasteiger partial charge in [-0.1, -0.05) is 0 Å². The van der Waals surface area contributed by atoms with Crippen LogP contribution in [-0.4, -0.2) is 10.2 Å². The lowest BCUT2D eigenvalue weighted by atomic mass is 10.3. The van der Waals surface area contributed by atoms with Crippen LogP contribution in [-0.2, 0) is 0 Å². The SMILES string of the molecule is Fc1ccc(Nc2cn[nH]c2)c(F)c1. The fraction of sp³-hybridized carbons (Fsp3) is 0. The normalized spacial score (nSPS) is 10.1. The maximum absolute atomic E-state index is 13.1. The molecule has 2 rings (SSSR count). The van der Waals surface area contributed by atoms with Crippen molar-refractivity contribution >= 4 is 11.4 Å². The molecule has 0 bridgehead atoms. The molecule has 3 nitrogen and oxygen atoms in total. The molecular weight excluding hydrogens is 188 g/mol. The summed E-state index contributed by atoms with van der Waals surface area (Å²) in [7, 11) is 0. The molecule has 14 heavy (non-hydrogen) atoms. The Morgan fingerprint density at radius 3 is 2.79 bits per heavy atom. The summed E-state index contributed by atoms with van der Waals surface area (Å²) >= 11 is 0. The summed E-state index contributed by atoms with van der Waals surface area (Å²) in [5, 5.41) is 9.00. The Labute approximate surface area is 78.8 Å². The molecule has 0 unspecified atom stereocenters. The van der Waals surface area contributed by atoms with E-state index in [0.717, 1.165) is 6.07 Å². The van der Waals surface area contributed by atoms with Crippen LogP contribution in [0, 0.1) is 11.6 Å². The second-order valence-electron chi connectivity index (χ2n) is 2.74. The monoisotopic (exact) mass is 195 g/mol. The maximum Gasteiger partial charge on any atom is 0.149 e. The van der Waals surface area contributed by atoms with E-state index in [1.807, 2.05) is 0 Å². The van der Waals surface area contributed by atoms with Crippen LogP contribution in [0.4, 0.5) is 20.2 Å². The summed E-state index contributed by atoms with van der Waals surface area (Å²) in [6.45, 7) is 0. The predicted molar refractivity (Wildman–Crippen MR) is 48.2 cm³/mol. The topological polar surface area (TPSA) is 40.7 Å². The molecule has 1 heterocycles. The Morgan fingerprint density at radius 1 is 1.29 bits per heavy atom. The van der Waals surface area contributed by atoms with Gasteiger partial charge in [0.15, 0.2) is 0 Å². The fourth-order valence-corrected chi connectivity index (χ4v) is 1.07. The second-order valence-corrected chi connectivity index (χ2v) is 2.74. The van der Waals surface area contributed by atoms with E-state index in [-0.39, 0.29) is 5.69 Å². The number of halogens is 2. The highest BCUT2D eigenvalue weighted by atomic mass is 19.1. The van der Waals surface area contributed by atoms with E-state index in [9.17, 15) is 8.78 Å². The van der Waals surface area contributed by atoms with Crippen molar-refractivity contribution in [2.24, 2.45) is 0 Å². The third kappa shape index (κ3) is 1.71. The van der Waals surface area contributed by atoms with Gasteiger partial charge in [0.1, 0.15) is 11.6 Å². The molecule has 0 atom stereocenters. The number of anilines is 2. The average Bonchev–Trinajstić information content (AvgIpc) is 2.62. The first-order valence-electron chi connectivity index (χ1n) is 3.96. The number of nitrogens with zero attached hydrogens (tertiary/aromatic N) is 1. The van der Waals surface area contributed by atoms with Crippen molar-refractivity contribution < 1.29 is 8.78 Å². The molecule has 2 N–H and O–H groups in total. The van der Waals surface area contributed by atoms with Crippen LogP contribution in [0.15, 0.2) is 30.6 Å². The fourth-order valence-electron chi connectivity index (χ4n) is 1.07. The van der Waals surface area contributed by atoms with Gasteiger partial charge in [-0.2, -0.15) is 5.10 Å². The molecule has 0 fully saturated rings. The van der Waals surface area contributed by atoms with Gasteiger partial charge in [0.2, 0.25) is 0 Å². The summed E-state index contributed by atoms with van der Waals surface area (Å²) in [4.78, 5) is 0. The average molecular weight is 195 g/mol. The Morgan fingerprint density at radius 2 is 2.14 bits per heavy atom. The molecule has 0 saturated carbocycles.